The van der Waals surface area contributed by atoms with Crippen molar-refractivity contribution in [3.63, 3.8) is 0 Å². The first kappa shape index (κ1) is 55.6. The first-order valence-corrected chi connectivity index (χ1v) is 27.0. The Bertz CT molecular complexity index is 1660. The van der Waals surface area contributed by atoms with Gasteiger partial charge in [0.25, 0.3) is 5.97 Å². The number of fused-ring (bicyclic) bond motifs is 2. The number of aliphatic carboxylic acids is 2. The largest absolute Gasteiger partial charge is 0.481 e. The summed E-state index contributed by atoms with van der Waals surface area (Å²) in [6.45, 7) is 21.3. The van der Waals surface area contributed by atoms with Crippen molar-refractivity contribution in [1.29, 1.82) is 0 Å². The van der Waals surface area contributed by atoms with Crippen molar-refractivity contribution in [3.8, 4) is 0 Å². The minimum atomic E-state index is -0.833. The van der Waals surface area contributed by atoms with Gasteiger partial charge in [0.1, 0.15) is 0 Å². The molecule has 0 aromatic rings. The Morgan fingerprint density at radius 2 is 1.00 bits per heavy atom. The molecule has 14 atom stereocenters. The van der Waals surface area contributed by atoms with Gasteiger partial charge in [0.2, 0.25) is 5.91 Å². The van der Waals surface area contributed by atoms with E-state index in [-0.39, 0.29) is 76.7 Å². The maximum atomic E-state index is 13.0. The molecule has 0 unspecified atom stereocenters. The van der Waals surface area contributed by atoms with Crippen molar-refractivity contribution in [1.82, 2.24) is 5.32 Å². The second kappa shape index (κ2) is 24.2. The van der Waals surface area contributed by atoms with Crippen LogP contribution in [0, 0.1) is 80.8 Å². The Labute approximate surface area is 405 Å². The SMILES string of the molecule is C=C1CC[C@H]2[C@H](CN)[C@@H]([C@@]3(C)CC[C@H](O)C[C@@H]3CO)CC[C@]12C.C=C1CC[C@H]2[C@H](CNC(=O)C3CCCCC3)[C@@H]([C@@]3(C)CC[C@H](O)C[C@@H]3CO)CC[C@]12C.CC(=O)O.O=C(O)C1CCCCC1. The smallest absolute Gasteiger partial charge is 0.306 e. The topological polar surface area (TPSA) is 211 Å². The monoisotopic (exact) mass is 941 g/mol. The first-order chi connectivity index (χ1) is 31.7. The summed E-state index contributed by atoms with van der Waals surface area (Å²) in [6.07, 6.45) is 25.0. The molecule has 8 saturated carbocycles. The molecule has 0 aliphatic heterocycles. The van der Waals surface area contributed by atoms with E-state index in [0.29, 0.717) is 41.9 Å². The van der Waals surface area contributed by atoms with Crippen LogP contribution in [-0.2, 0) is 14.4 Å². The standard InChI is InChI=1S/C27H45NO3.C20H35NO2.C7H12O2.C2H4O2/c1-18-9-10-23-22(16-28-25(31)19-7-5-4-6-8-19)24(12-14-26(18,23)2)27(3)13-11-21(30)15-20(27)17-29;1-13-4-5-17-16(11-21)18(7-9-19(13,17)2)20(3)8-6-15(23)10-14(20)12-22;8-7(9)6-4-2-1-3-5-6;1-2(3)4/h19-24,29-30H,1,4-17H2,2-3H3,(H,28,31);14-18,22-23H,1,4-12,21H2,2-3H3;6H,1-5H2,(H,8,9);1H3,(H,3,4)/t20-,21+,22+,23+,24+,26-,27+;14-,15+,16+,17+,18+,19-,20+;;/m11../s1. The van der Waals surface area contributed by atoms with Crippen LogP contribution in [0.4, 0.5) is 0 Å². The number of aliphatic hydroxyl groups is 4. The Balaban J connectivity index is 0.000000203. The first-order valence-electron chi connectivity index (χ1n) is 27.0. The Kier molecular flexibility index (Phi) is 20.1. The Morgan fingerprint density at radius 1 is 0.597 bits per heavy atom. The Morgan fingerprint density at radius 3 is 1.39 bits per heavy atom. The average Bonchev–Trinajstić information content (AvgIpc) is 3.80. The molecule has 384 valence electrons. The Hall–Kier alpha value is -2.31. The summed E-state index contributed by atoms with van der Waals surface area (Å²) in [7, 11) is 0. The lowest BCUT2D eigenvalue weighted by Gasteiger charge is -2.56. The van der Waals surface area contributed by atoms with Crippen LogP contribution in [0.15, 0.2) is 24.3 Å². The third-order valence-electron chi connectivity index (χ3n) is 20.6. The molecule has 8 aliphatic carbocycles. The summed E-state index contributed by atoms with van der Waals surface area (Å²) >= 11 is 0. The van der Waals surface area contributed by atoms with Crippen LogP contribution >= 0.6 is 0 Å². The fraction of sp³-hybridized carbons (Fsp3) is 0.875. The van der Waals surface area contributed by atoms with Gasteiger partial charge in [0.15, 0.2) is 0 Å². The molecule has 8 aliphatic rings. The summed E-state index contributed by atoms with van der Waals surface area (Å²) in [5.41, 5.74) is 9.74. The predicted octanol–water partition coefficient (Wildman–Crippen LogP) is 9.69. The van der Waals surface area contributed by atoms with E-state index in [1.807, 2.05) is 0 Å². The average molecular weight is 941 g/mol. The molecule has 0 aromatic carbocycles. The lowest BCUT2D eigenvalue weighted by molar-refractivity contribution is -0.142. The maximum absolute atomic E-state index is 13.0. The fourth-order valence-corrected chi connectivity index (χ4v) is 16.1. The zero-order valence-corrected chi connectivity index (χ0v) is 42.6. The van der Waals surface area contributed by atoms with Crippen LogP contribution in [0.25, 0.3) is 0 Å². The number of rotatable bonds is 9. The molecular weight excluding hydrogens is 845 g/mol. The van der Waals surface area contributed by atoms with Gasteiger partial charge in [0, 0.05) is 32.6 Å². The van der Waals surface area contributed by atoms with Gasteiger partial charge in [0.05, 0.1) is 18.1 Å². The highest BCUT2D eigenvalue weighted by Crippen LogP contribution is 2.65. The zero-order valence-electron chi connectivity index (χ0n) is 42.6. The number of nitrogens with one attached hydrogen (secondary N) is 1. The van der Waals surface area contributed by atoms with Crippen LogP contribution in [0.1, 0.15) is 189 Å². The number of carbonyl (C=O) groups is 3. The number of amides is 1. The summed E-state index contributed by atoms with van der Waals surface area (Å²) in [6, 6.07) is 0. The van der Waals surface area contributed by atoms with E-state index < -0.39 is 11.9 Å². The van der Waals surface area contributed by atoms with Gasteiger partial charge < -0.3 is 41.7 Å². The van der Waals surface area contributed by atoms with E-state index in [0.717, 1.165) is 110 Å². The van der Waals surface area contributed by atoms with Gasteiger partial charge in [-0.05, 0) is 191 Å². The van der Waals surface area contributed by atoms with E-state index in [1.165, 1.54) is 68.9 Å². The van der Waals surface area contributed by atoms with Gasteiger partial charge in [-0.3, -0.25) is 14.4 Å². The van der Waals surface area contributed by atoms with E-state index in [2.05, 4.69) is 46.2 Å². The highest BCUT2D eigenvalue weighted by atomic mass is 16.4. The number of hydrogen-bond acceptors (Lipinski definition) is 8. The summed E-state index contributed by atoms with van der Waals surface area (Å²) in [5, 5.41) is 59.9. The molecule has 67 heavy (non-hydrogen) atoms. The molecule has 8 fully saturated rings. The van der Waals surface area contributed by atoms with E-state index in [1.54, 1.807) is 0 Å². The molecule has 0 radical (unpaired) electrons. The van der Waals surface area contributed by atoms with Crippen LogP contribution in [-0.4, -0.2) is 87.0 Å². The molecule has 11 heteroatoms. The fourth-order valence-electron chi connectivity index (χ4n) is 16.1. The number of nitrogens with two attached hydrogens (primary N) is 1. The summed E-state index contributed by atoms with van der Waals surface area (Å²) in [4.78, 5) is 32.4. The molecule has 0 saturated heterocycles. The predicted molar refractivity (Wildman–Crippen MR) is 266 cm³/mol. The minimum Gasteiger partial charge on any atom is -0.481 e. The molecule has 8 rings (SSSR count). The third kappa shape index (κ3) is 12.6. The number of hydrogen-bond donors (Lipinski definition) is 8. The van der Waals surface area contributed by atoms with Crippen LogP contribution < -0.4 is 11.1 Å². The quantitative estimate of drug-likeness (QED) is 0.103. The molecule has 9 N–H and O–H groups in total. The zero-order chi connectivity index (χ0) is 49.3. The molecule has 1 amide bonds. The van der Waals surface area contributed by atoms with Crippen LogP contribution in [0.5, 0.6) is 0 Å². The van der Waals surface area contributed by atoms with Crippen molar-refractivity contribution >= 4 is 17.8 Å². The molecule has 0 spiro atoms. The minimum absolute atomic E-state index is 0.0272. The number of carboxylic acid groups (broad SMARTS) is 2. The van der Waals surface area contributed by atoms with E-state index in [9.17, 15) is 30.0 Å². The molecular formula is C56H96N2O9. The second-order valence-corrected chi connectivity index (χ2v) is 24.1. The van der Waals surface area contributed by atoms with Crippen LogP contribution in [0.2, 0.25) is 0 Å². The molecule has 0 bridgehead atoms. The lowest BCUT2D eigenvalue weighted by Crippen LogP contribution is -2.54. The van der Waals surface area contributed by atoms with Gasteiger partial charge in [-0.15, -0.1) is 0 Å². The van der Waals surface area contributed by atoms with Gasteiger partial charge in [-0.1, -0.05) is 90.5 Å². The van der Waals surface area contributed by atoms with Gasteiger partial charge in [-0.2, -0.15) is 0 Å². The molecule has 11 nitrogen and oxygen atoms in total. The molecule has 0 heterocycles. The summed E-state index contributed by atoms with van der Waals surface area (Å²) in [5.74, 6) is 2.59. The van der Waals surface area contributed by atoms with Crippen molar-refractivity contribution in [2.75, 3.05) is 26.3 Å². The normalized spacial score (nSPS) is 41.2. The second-order valence-electron chi connectivity index (χ2n) is 24.1. The third-order valence-corrected chi connectivity index (χ3v) is 20.6. The number of carbonyl (C=O) groups excluding carboxylic acids is 1. The maximum Gasteiger partial charge on any atom is 0.306 e. The van der Waals surface area contributed by atoms with E-state index in [4.69, 9.17) is 20.7 Å². The van der Waals surface area contributed by atoms with Crippen molar-refractivity contribution < 1.29 is 45.0 Å². The van der Waals surface area contributed by atoms with E-state index >= 15 is 0 Å². The van der Waals surface area contributed by atoms with Gasteiger partial charge >= 0.3 is 5.97 Å². The van der Waals surface area contributed by atoms with Gasteiger partial charge in [-0.25, -0.2) is 0 Å². The highest BCUT2D eigenvalue weighted by Gasteiger charge is 2.58. The lowest BCUT2D eigenvalue weighted by atomic mass is 9.49. The highest BCUT2D eigenvalue weighted by molar-refractivity contribution is 5.78. The summed E-state index contributed by atoms with van der Waals surface area (Å²) < 4.78 is 0. The van der Waals surface area contributed by atoms with Crippen molar-refractivity contribution in [2.24, 2.45) is 86.6 Å². The van der Waals surface area contributed by atoms with Crippen LogP contribution in [0.3, 0.4) is 0 Å². The van der Waals surface area contributed by atoms with Crippen molar-refractivity contribution in [2.45, 2.75) is 201 Å². The van der Waals surface area contributed by atoms with Crippen molar-refractivity contribution in [3.05, 3.63) is 24.3 Å². The number of allylic oxidation sites excluding steroid dienone is 2. The number of carboxylic acids is 2. The number of aliphatic hydroxyl groups excluding tert-OH is 4. The molecule has 0 aromatic heterocycles.